The van der Waals surface area contributed by atoms with Crippen LogP contribution in [0.5, 0.6) is 0 Å². The van der Waals surface area contributed by atoms with Crippen LogP contribution in [0.25, 0.3) is 0 Å². The molecule has 80 valence electrons. The maximum Gasteiger partial charge on any atom is 0.321 e. The Morgan fingerprint density at radius 2 is 2.40 bits per heavy atom. The van der Waals surface area contributed by atoms with Gasteiger partial charge in [-0.3, -0.25) is 4.79 Å². The number of nitrogens with two attached hydrogens (primary N) is 1. The summed E-state index contributed by atoms with van der Waals surface area (Å²) in [4.78, 5) is 10.7. The Balaban J connectivity index is 2.35. The van der Waals surface area contributed by atoms with Crippen molar-refractivity contribution in [3.05, 3.63) is 29.6 Å². The summed E-state index contributed by atoms with van der Waals surface area (Å²) in [6.45, 7) is 0.437. The molecule has 15 heavy (non-hydrogen) atoms. The number of rotatable bonds is 2. The number of aliphatic carboxylic acids is 1. The third kappa shape index (κ3) is 1.66. The van der Waals surface area contributed by atoms with Crippen LogP contribution in [-0.4, -0.2) is 23.7 Å². The molecule has 0 spiro atoms. The summed E-state index contributed by atoms with van der Waals surface area (Å²) >= 11 is 0. The van der Waals surface area contributed by atoms with Gasteiger partial charge in [0.05, 0.1) is 0 Å². The number of halogens is 1. The van der Waals surface area contributed by atoms with E-state index >= 15 is 0 Å². The van der Waals surface area contributed by atoms with Gasteiger partial charge >= 0.3 is 5.97 Å². The third-order valence-electron chi connectivity index (χ3n) is 2.64. The molecule has 0 amide bonds. The van der Waals surface area contributed by atoms with Crippen molar-refractivity contribution in [2.24, 2.45) is 5.73 Å². The number of hydrogen-bond acceptors (Lipinski definition) is 3. The third-order valence-corrected chi connectivity index (χ3v) is 2.64. The molecule has 2 rings (SSSR count). The maximum atomic E-state index is 13.0. The van der Waals surface area contributed by atoms with E-state index in [9.17, 15) is 9.18 Å². The topological polar surface area (TPSA) is 75.4 Å². The highest BCUT2D eigenvalue weighted by Crippen LogP contribution is 2.33. The fourth-order valence-corrected chi connectivity index (χ4v) is 1.82. The normalized spacial score (nSPS) is 20.5. The van der Waals surface area contributed by atoms with Gasteiger partial charge in [0, 0.05) is 18.2 Å². The number of nitrogens with one attached hydrogen (secondary N) is 1. The summed E-state index contributed by atoms with van der Waals surface area (Å²) in [6, 6.07) is 3.27. The summed E-state index contributed by atoms with van der Waals surface area (Å²) in [5.74, 6) is -1.81. The van der Waals surface area contributed by atoms with Gasteiger partial charge in [0.25, 0.3) is 0 Å². The lowest BCUT2D eigenvalue weighted by Gasteiger charge is -2.14. The van der Waals surface area contributed by atoms with Crippen molar-refractivity contribution in [2.75, 3.05) is 11.9 Å². The van der Waals surface area contributed by atoms with Crippen LogP contribution in [0.1, 0.15) is 11.5 Å². The van der Waals surface area contributed by atoms with Gasteiger partial charge in [-0.15, -0.1) is 0 Å². The molecule has 1 aliphatic heterocycles. The van der Waals surface area contributed by atoms with E-state index in [4.69, 9.17) is 10.8 Å². The van der Waals surface area contributed by atoms with E-state index in [0.29, 0.717) is 12.1 Å². The zero-order chi connectivity index (χ0) is 11.0. The van der Waals surface area contributed by atoms with Gasteiger partial charge in [0.1, 0.15) is 11.9 Å². The van der Waals surface area contributed by atoms with Crippen molar-refractivity contribution in [1.29, 1.82) is 0 Å². The Morgan fingerprint density at radius 1 is 1.67 bits per heavy atom. The van der Waals surface area contributed by atoms with E-state index in [0.717, 1.165) is 5.69 Å². The molecule has 5 heteroatoms. The predicted octanol–water partition coefficient (Wildman–Crippen LogP) is 0.747. The molecule has 1 aliphatic rings. The first kappa shape index (κ1) is 9.92. The van der Waals surface area contributed by atoms with Gasteiger partial charge in [-0.25, -0.2) is 4.39 Å². The Labute approximate surface area is 85.9 Å². The standard InChI is InChI=1S/C10H11FN2O2/c11-5-1-2-8-6(3-5)7(4-13-8)9(12)10(14)15/h1-3,7,9,13H,4,12H2,(H,14,15). The summed E-state index contributed by atoms with van der Waals surface area (Å²) in [7, 11) is 0. The van der Waals surface area contributed by atoms with Crippen LogP contribution >= 0.6 is 0 Å². The lowest BCUT2D eigenvalue weighted by atomic mass is 9.94. The molecule has 0 aromatic heterocycles. The van der Waals surface area contributed by atoms with Crippen molar-refractivity contribution in [1.82, 2.24) is 0 Å². The molecule has 0 bridgehead atoms. The number of carbonyl (C=O) groups is 1. The van der Waals surface area contributed by atoms with Gasteiger partial charge < -0.3 is 16.2 Å². The van der Waals surface area contributed by atoms with Crippen molar-refractivity contribution in [3.8, 4) is 0 Å². The second-order valence-corrected chi connectivity index (χ2v) is 3.58. The van der Waals surface area contributed by atoms with E-state index in [-0.39, 0.29) is 11.7 Å². The average molecular weight is 210 g/mol. The molecule has 1 aromatic carbocycles. The number of hydrogen-bond donors (Lipinski definition) is 3. The van der Waals surface area contributed by atoms with Crippen LogP contribution in [-0.2, 0) is 4.79 Å². The monoisotopic (exact) mass is 210 g/mol. The molecule has 0 fully saturated rings. The molecule has 4 N–H and O–H groups in total. The number of anilines is 1. The highest BCUT2D eigenvalue weighted by molar-refractivity contribution is 5.76. The van der Waals surface area contributed by atoms with Crippen LogP contribution in [0.4, 0.5) is 10.1 Å². The number of benzene rings is 1. The SMILES string of the molecule is NC(C(=O)O)C1CNc2ccc(F)cc21. The molecule has 4 nitrogen and oxygen atoms in total. The van der Waals surface area contributed by atoms with Gasteiger partial charge in [0.15, 0.2) is 0 Å². The number of fused-ring (bicyclic) bond motifs is 1. The molecule has 1 heterocycles. The maximum absolute atomic E-state index is 13.0. The second kappa shape index (κ2) is 3.51. The fourth-order valence-electron chi connectivity index (χ4n) is 1.82. The summed E-state index contributed by atoms with van der Waals surface area (Å²) in [5, 5.41) is 11.8. The van der Waals surface area contributed by atoms with Crippen LogP contribution in [0.15, 0.2) is 18.2 Å². The molecule has 1 aromatic rings. The van der Waals surface area contributed by atoms with Crippen molar-refractivity contribution in [2.45, 2.75) is 12.0 Å². The molecule has 0 saturated carbocycles. The summed E-state index contributed by atoms with van der Waals surface area (Å²) in [6.07, 6.45) is 0. The van der Waals surface area contributed by atoms with E-state index < -0.39 is 12.0 Å². The minimum Gasteiger partial charge on any atom is -0.480 e. The molecule has 2 atom stereocenters. The average Bonchev–Trinajstić information content (AvgIpc) is 2.59. The van der Waals surface area contributed by atoms with Crippen LogP contribution < -0.4 is 11.1 Å². The first-order valence-electron chi connectivity index (χ1n) is 4.61. The van der Waals surface area contributed by atoms with Gasteiger partial charge in [0.2, 0.25) is 0 Å². The molecule has 0 saturated heterocycles. The van der Waals surface area contributed by atoms with E-state index in [1.165, 1.54) is 12.1 Å². The van der Waals surface area contributed by atoms with Crippen molar-refractivity contribution < 1.29 is 14.3 Å². The van der Waals surface area contributed by atoms with Gasteiger partial charge in [-0.1, -0.05) is 0 Å². The molecular formula is C10H11FN2O2. The second-order valence-electron chi connectivity index (χ2n) is 3.58. The van der Waals surface area contributed by atoms with Gasteiger partial charge in [-0.2, -0.15) is 0 Å². The minimum atomic E-state index is -1.07. The smallest absolute Gasteiger partial charge is 0.321 e. The van der Waals surface area contributed by atoms with E-state index in [1.54, 1.807) is 6.07 Å². The molecule has 2 unspecified atom stereocenters. The highest BCUT2D eigenvalue weighted by Gasteiger charge is 2.31. The van der Waals surface area contributed by atoms with Gasteiger partial charge in [-0.05, 0) is 23.8 Å². The van der Waals surface area contributed by atoms with Crippen molar-refractivity contribution in [3.63, 3.8) is 0 Å². The molecular weight excluding hydrogens is 199 g/mol. The van der Waals surface area contributed by atoms with Crippen molar-refractivity contribution >= 4 is 11.7 Å². The largest absolute Gasteiger partial charge is 0.480 e. The molecule has 0 radical (unpaired) electrons. The zero-order valence-electron chi connectivity index (χ0n) is 7.90. The Morgan fingerprint density at radius 3 is 3.07 bits per heavy atom. The predicted molar refractivity (Wildman–Crippen MR) is 53.2 cm³/mol. The summed E-state index contributed by atoms with van der Waals surface area (Å²) < 4.78 is 13.0. The first-order valence-corrected chi connectivity index (χ1v) is 4.61. The Kier molecular flexibility index (Phi) is 2.32. The fraction of sp³-hybridized carbons (Fsp3) is 0.300. The first-order chi connectivity index (χ1) is 7.09. The zero-order valence-corrected chi connectivity index (χ0v) is 7.90. The lowest BCUT2D eigenvalue weighted by molar-refractivity contribution is -0.139. The number of carboxylic acids is 1. The Bertz CT molecular complexity index is 408. The number of carboxylic acid groups (broad SMARTS) is 1. The van der Waals surface area contributed by atoms with E-state index in [2.05, 4.69) is 5.32 Å². The molecule has 0 aliphatic carbocycles. The minimum absolute atomic E-state index is 0.367. The summed E-state index contributed by atoms with van der Waals surface area (Å²) in [5.41, 5.74) is 6.93. The lowest BCUT2D eigenvalue weighted by Crippen LogP contribution is -2.37. The van der Waals surface area contributed by atoms with Crippen LogP contribution in [0, 0.1) is 5.82 Å². The highest BCUT2D eigenvalue weighted by atomic mass is 19.1. The quantitative estimate of drug-likeness (QED) is 0.673. The van der Waals surface area contributed by atoms with Crippen LogP contribution in [0.3, 0.4) is 0 Å². The Hall–Kier alpha value is -1.62. The van der Waals surface area contributed by atoms with Crippen LogP contribution in [0.2, 0.25) is 0 Å². The van der Waals surface area contributed by atoms with E-state index in [1.807, 2.05) is 0 Å².